The van der Waals surface area contributed by atoms with E-state index in [-0.39, 0.29) is 11.5 Å². The molecule has 1 unspecified atom stereocenters. The summed E-state index contributed by atoms with van der Waals surface area (Å²) in [6.45, 7) is 0. The van der Waals surface area contributed by atoms with Crippen molar-refractivity contribution in [1.29, 1.82) is 0 Å². The van der Waals surface area contributed by atoms with Crippen molar-refractivity contribution in [2.45, 2.75) is 36.8 Å². The minimum absolute atomic E-state index is 0.311. The van der Waals surface area contributed by atoms with Crippen LogP contribution < -0.4 is 0 Å². The van der Waals surface area contributed by atoms with Crippen molar-refractivity contribution < 1.29 is 59.6 Å². The maximum absolute atomic E-state index is 12.4. The van der Waals surface area contributed by atoms with Crippen LogP contribution in [0.2, 0.25) is 0 Å². The predicted octanol–water partition coefficient (Wildman–Crippen LogP) is 1.03. The summed E-state index contributed by atoms with van der Waals surface area (Å²) in [6, 6.07) is 7.50. The van der Waals surface area contributed by atoms with Gasteiger partial charge in [0, 0.05) is 25.0 Å². The van der Waals surface area contributed by atoms with Gasteiger partial charge < -0.3 is 45.2 Å². The highest BCUT2D eigenvalue weighted by atomic mass is 16.6. The van der Waals surface area contributed by atoms with Crippen LogP contribution in [0.3, 0.4) is 0 Å². The third-order valence-corrected chi connectivity index (χ3v) is 5.57. The summed E-state index contributed by atoms with van der Waals surface area (Å²) in [5, 5.41) is 68.0. The molecule has 0 saturated heterocycles. The van der Waals surface area contributed by atoms with Crippen molar-refractivity contribution in [3.8, 4) is 23.0 Å². The van der Waals surface area contributed by atoms with E-state index in [1.165, 1.54) is 42.5 Å². The normalized spacial score (nSPS) is 23.7. The van der Waals surface area contributed by atoms with Crippen LogP contribution in [0.1, 0.15) is 24.0 Å². The number of aromatic hydroxyl groups is 4. The maximum atomic E-state index is 12.4. The Kier molecular flexibility index (Phi) is 8.05. The van der Waals surface area contributed by atoms with Gasteiger partial charge in [-0.3, -0.25) is 0 Å². The van der Waals surface area contributed by atoms with Gasteiger partial charge in [-0.15, -0.1) is 0 Å². The van der Waals surface area contributed by atoms with Gasteiger partial charge in [0.25, 0.3) is 0 Å². The van der Waals surface area contributed by atoms with Crippen molar-refractivity contribution >= 4 is 30.1 Å². The van der Waals surface area contributed by atoms with Crippen LogP contribution in [-0.4, -0.2) is 77.6 Å². The van der Waals surface area contributed by atoms with E-state index in [0.29, 0.717) is 11.1 Å². The van der Waals surface area contributed by atoms with Crippen LogP contribution in [0.25, 0.3) is 12.2 Å². The average Bonchev–Trinajstić information content (AvgIpc) is 2.82. The first-order valence-electron chi connectivity index (χ1n) is 10.8. The van der Waals surface area contributed by atoms with Crippen molar-refractivity contribution in [2.24, 2.45) is 0 Å². The number of carbonyl (C=O) groups is 3. The number of carbonyl (C=O) groups excluding carboxylic acids is 2. The van der Waals surface area contributed by atoms with Crippen LogP contribution in [0, 0.1) is 0 Å². The molecule has 1 fully saturated rings. The molecular weight excluding hydrogens is 492 g/mol. The number of hydrogen-bond donors (Lipinski definition) is 7. The number of rotatable bonds is 7. The zero-order chi connectivity index (χ0) is 27.3. The van der Waals surface area contributed by atoms with Gasteiger partial charge in [0.05, 0.1) is 6.10 Å². The summed E-state index contributed by atoms with van der Waals surface area (Å²) in [7, 11) is 0. The molecule has 12 nitrogen and oxygen atoms in total. The van der Waals surface area contributed by atoms with Crippen molar-refractivity contribution in [2.75, 3.05) is 0 Å². The Morgan fingerprint density at radius 2 is 1.27 bits per heavy atom. The number of aliphatic carboxylic acids is 1. The summed E-state index contributed by atoms with van der Waals surface area (Å²) in [5.41, 5.74) is -1.82. The Labute approximate surface area is 209 Å². The lowest BCUT2D eigenvalue weighted by Gasteiger charge is -2.40. The van der Waals surface area contributed by atoms with E-state index in [4.69, 9.17) is 9.47 Å². The van der Waals surface area contributed by atoms with E-state index >= 15 is 0 Å². The van der Waals surface area contributed by atoms with Gasteiger partial charge in [0.1, 0.15) is 6.10 Å². The van der Waals surface area contributed by atoms with Crippen LogP contribution >= 0.6 is 0 Å². The first-order valence-corrected chi connectivity index (χ1v) is 10.8. The van der Waals surface area contributed by atoms with Crippen LogP contribution in [-0.2, 0) is 23.9 Å². The molecule has 1 saturated carbocycles. The lowest BCUT2D eigenvalue weighted by molar-refractivity contribution is -0.204. The highest BCUT2D eigenvalue weighted by molar-refractivity contribution is 5.88. The number of aliphatic hydroxyl groups excluding tert-OH is 1. The first-order chi connectivity index (χ1) is 17.4. The highest BCUT2D eigenvalue weighted by Gasteiger charge is 2.52. The van der Waals surface area contributed by atoms with E-state index < -0.39 is 66.2 Å². The average molecular weight is 516 g/mol. The monoisotopic (exact) mass is 516 g/mol. The molecule has 37 heavy (non-hydrogen) atoms. The molecule has 0 aromatic heterocycles. The summed E-state index contributed by atoms with van der Waals surface area (Å²) >= 11 is 0. The number of phenolic OH excluding ortho intramolecular Hbond substituents is 4. The molecule has 1 aliphatic rings. The van der Waals surface area contributed by atoms with Crippen LogP contribution in [0.5, 0.6) is 23.0 Å². The quantitative estimate of drug-likeness (QED) is 0.156. The van der Waals surface area contributed by atoms with Gasteiger partial charge in [-0.25, -0.2) is 14.4 Å². The standard InChI is InChI=1S/C25H24O12/c26-15-5-1-13(9-17(15)28)3-7-21(31)36-20-12-25(35,24(33)34)11-19(30)23(20)37-22(32)8-4-14-2-6-16(27)18(29)10-14/h1-10,19-20,23,26-30,35H,11-12H2,(H,33,34)/b7-3+,8-4+/t19-,20-,23?,25-/m1/s1. The van der Waals surface area contributed by atoms with Crippen LogP contribution in [0.4, 0.5) is 0 Å². The number of carboxylic acids is 1. The number of hydrogen-bond acceptors (Lipinski definition) is 11. The number of phenols is 4. The van der Waals surface area contributed by atoms with Crippen molar-refractivity contribution in [3.05, 3.63) is 59.7 Å². The Hall–Kier alpha value is -4.55. The molecule has 7 N–H and O–H groups in total. The summed E-state index contributed by atoms with van der Waals surface area (Å²) in [5.74, 6) is -5.29. The molecular formula is C25H24O12. The largest absolute Gasteiger partial charge is 0.504 e. The van der Waals surface area contributed by atoms with Gasteiger partial charge in [0.2, 0.25) is 0 Å². The fraction of sp³-hybridized carbons (Fsp3) is 0.240. The molecule has 1 aliphatic carbocycles. The zero-order valence-electron chi connectivity index (χ0n) is 19.1. The minimum atomic E-state index is -2.46. The minimum Gasteiger partial charge on any atom is -0.504 e. The predicted molar refractivity (Wildman–Crippen MR) is 125 cm³/mol. The number of carboxylic acid groups (broad SMARTS) is 1. The topological polar surface area (TPSA) is 211 Å². The molecule has 2 aromatic carbocycles. The molecule has 12 heteroatoms. The highest BCUT2D eigenvalue weighted by Crippen LogP contribution is 2.33. The molecule has 2 aromatic rings. The molecule has 0 bridgehead atoms. The maximum Gasteiger partial charge on any atom is 0.335 e. The van der Waals surface area contributed by atoms with E-state index in [0.717, 1.165) is 18.2 Å². The molecule has 196 valence electrons. The zero-order valence-corrected chi connectivity index (χ0v) is 19.1. The molecule has 3 rings (SSSR count). The number of aliphatic hydroxyl groups is 2. The SMILES string of the molecule is O=C(/C=C/c1ccc(O)c(O)c1)OC1[C@H](O)C[C@](O)(C(=O)O)C[C@H]1OC(=O)/C=C/c1ccc(O)c(O)c1. The lowest BCUT2D eigenvalue weighted by atomic mass is 9.79. The second-order valence-electron chi connectivity index (χ2n) is 8.35. The number of esters is 2. The molecule has 0 aliphatic heterocycles. The summed E-state index contributed by atoms with van der Waals surface area (Å²) in [4.78, 5) is 36.3. The molecule has 0 heterocycles. The van der Waals surface area contributed by atoms with Crippen LogP contribution in [0.15, 0.2) is 48.6 Å². The summed E-state index contributed by atoms with van der Waals surface area (Å²) in [6.07, 6.45) is -1.86. The van der Waals surface area contributed by atoms with E-state index in [2.05, 4.69) is 0 Å². The third kappa shape index (κ3) is 6.78. The third-order valence-electron chi connectivity index (χ3n) is 5.57. The van der Waals surface area contributed by atoms with Gasteiger partial charge >= 0.3 is 17.9 Å². The lowest BCUT2D eigenvalue weighted by Crippen LogP contribution is -2.58. The molecule has 0 amide bonds. The molecule has 4 atom stereocenters. The number of ether oxygens (including phenoxy) is 2. The van der Waals surface area contributed by atoms with E-state index in [1.54, 1.807) is 0 Å². The Balaban J connectivity index is 1.75. The van der Waals surface area contributed by atoms with Crippen molar-refractivity contribution in [1.82, 2.24) is 0 Å². The molecule has 0 radical (unpaired) electrons. The van der Waals surface area contributed by atoms with Gasteiger partial charge in [-0.1, -0.05) is 12.1 Å². The van der Waals surface area contributed by atoms with Gasteiger partial charge in [-0.2, -0.15) is 0 Å². The van der Waals surface area contributed by atoms with Crippen molar-refractivity contribution in [3.63, 3.8) is 0 Å². The van der Waals surface area contributed by atoms with E-state index in [9.17, 15) is 50.1 Å². The second-order valence-corrected chi connectivity index (χ2v) is 8.35. The summed E-state index contributed by atoms with van der Waals surface area (Å²) < 4.78 is 10.4. The van der Waals surface area contributed by atoms with Gasteiger partial charge in [0.15, 0.2) is 34.7 Å². The Morgan fingerprint density at radius 1 is 0.784 bits per heavy atom. The Morgan fingerprint density at radius 3 is 1.73 bits per heavy atom. The molecule has 0 spiro atoms. The first kappa shape index (κ1) is 27.0. The Bertz CT molecular complexity index is 1250. The fourth-order valence-corrected chi connectivity index (χ4v) is 3.66. The smallest absolute Gasteiger partial charge is 0.335 e. The van der Waals surface area contributed by atoms with E-state index in [1.807, 2.05) is 0 Å². The second kappa shape index (κ2) is 11.0. The van der Waals surface area contributed by atoms with Gasteiger partial charge in [-0.05, 0) is 47.5 Å². The number of benzene rings is 2. The fourth-order valence-electron chi connectivity index (χ4n) is 3.66.